The second-order valence-electron chi connectivity index (χ2n) is 8.37. The lowest BCUT2D eigenvalue weighted by Crippen LogP contribution is -2.43. The molecule has 0 aliphatic rings. The van der Waals surface area contributed by atoms with Crippen molar-refractivity contribution in [3.8, 4) is 11.5 Å². The Bertz CT molecular complexity index is 628. The highest BCUT2D eigenvalue weighted by Gasteiger charge is 2.39. The van der Waals surface area contributed by atoms with Crippen LogP contribution in [0.5, 0.6) is 11.5 Å². The van der Waals surface area contributed by atoms with E-state index in [1.165, 1.54) is 0 Å². The van der Waals surface area contributed by atoms with Gasteiger partial charge in [0.15, 0.2) is 5.75 Å². The molecule has 1 aromatic carbocycles. The van der Waals surface area contributed by atoms with Gasteiger partial charge in [-0.3, -0.25) is 0 Å². The SMILES string of the molecule is COc1ccc(C=NS(=O)C(C)(C)C)cc1O[Si](C)(C)C(C)(C)C. The van der Waals surface area contributed by atoms with E-state index in [9.17, 15) is 4.21 Å². The highest BCUT2D eigenvalue weighted by Crippen LogP contribution is 2.40. The second-order valence-corrected chi connectivity index (χ2v) is 15.0. The maximum Gasteiger partial charge on any atom is 0.250 e. The van der Waals surface area contributed by atoms with Gasteiger partial charge in [0.25, 0.3) is 8.32 Å². The van der Waals surface area contributed by atoms with Gasteiger partial charge in [0.05, 0.1) is 11.9 Å². The van der Waals surface area contributed by atoms with Crippen LogP contribution < -0.4 is 9.16 Å². The first-order valence-electron chi connectivity index (χ1n) is 8.11. The van der Waals surface area contributed by atoms with Crippen molar-refractivity contribution < 1.29 is 13.4 Å². The summed E-state index contributed by atoms with van der Waals surface area (Å²) in [4.78, 5) is 0. The van der Waals surface area contributed by atoms with Crippen LogP contribution in [0.1, 0.15) is 47.1 Å². The summed E-state index contributed by atoms with van der Waals surface area (Å²) >= 11 is 0. The van der Waals surface area contributed by atoms with Crippen molar-refractivity contribution in [3.05, 3.63) is 23.8 Å². The van der Waals surface area contributed by atoms with Crippen molar-refractivity contribution in [2.75, 3.05) is 7.11 Å². The van der Waals surface area contributed by atoms with E-state index in [1.54, 1.807) is 13.3 Å². The van der Waals surface area contributed by atoms with Gasteiger partial charge in [0, 0.05) is 6.21 Å². The van der Waals surface area contributed by atoms with Crippen molar-refractivity contribution in [3.63, 3.8) is 0 Å². The predicted molar refractivity (Wildman–Crippen MR) is 106 cm³/mol. The van der Waals surface area contributed by atoms with Crippen LogP contribution in [0.15, 0.2) is 22.6 Å². The minimum atomic E-state index is -1.98. The van der Waals surface area contributed by atoms with E-state index in [-0.39, 0.29) is 9.79 Å². The average molecular weight is 370 g/mol. The molecule has 0 saturated heterocycles. The summed E-state index contributed by atoms with van der Waals surface area (Å²) in [5.74, 6) is 1.42. The van der Waals surface area contributed by atoms with Gasteiger partial charge in [-0.1, -0.05) is 20.8 Å². The lowest BCUT2D eigenvalue weighted by molar-refractivity contribution is 0.386. The Labute approximate surface area is 150 Å². The fourth-order valence-corrected chi connectivity index (χ4v) is 3.10. The molecule has 6 heteroatoms. The fourth-order valence-electron chi connectivity index (χ4n) is 1.55. The lowest BCUT2D eigenvalue weighted by Gasteiger charge is -2.36. The molecule has 0 radical (unpaired) electrons. The molecule has 24 heavy (non-hydrogen) atoms. The van der Waals surface area contributed by atoms with Crippen LogP contribution in [0.2, 0.25) is 18.1 Å². The quantitative estimate of drug-likeness (QED) is 0.544. The van der Waals surface area contributed by atoms with Crippen LogP contribution in [-0.4, -0.2) is 30.6 Å². The number of benzene rings is 1. The molecular formula is C18H31NO3SSi. The fraction of sp³-hybridized carbons (Fsp3) is 0.611. The lowest BCUT2D eigenvalue weighted by atomic mass is 10.2. The Hall–Kier alpha value is -1.14. The zero-order valence-electron chi connectivity index (χ0n) is 16.4. The van der Waals surface area contributed by atoms with Gasteiger partial charge in [0.1, 0.15) is 16.7 Å². The van der Waals surface area contributed by atoms with E-state index in [0.717, 1.165) is 11.3 Å². The Kier molecular flexibility index (Phi) is 6.44. The first-order valence-corrected chi connectivity index (χ1v) is 12.1. The third-order valence-electron chi connectivity index (χ3n) is 4.18. The smallest absolute Gasteiger partial charge is 0.250 e. The maximum absolute atomic E-state index is 12.1. The summed E-state index contributed by atoms with van der Waals surface area (Å²) in [5.41, 5.74) is 0.849. The van der Waals surface area contributed by atoms with Gasteiger partial charge in [-0.05, 0) is 62.7 Å². The van der Waals surface area contributed by atoms with Crippen LogP contribution >= 0.6 is 0 Å². The summed E-state index contributed by atoms with van der Waals surface area (Å²) in [6.45, 7) is 16.7. The molecule has 0 saturated carbocycles. The molecule has 0 heterocycles. The topological polar surface area (TPSA) is 47.9 Å². The molecule has 0 aliphatic heterocycles. The van der Waals surface area contributed by atoms with Crippen LogP contribution in [0.4, 0.5) is 0 Å². The maximum atomic E-state index is 12.1. The molecule has 4 nitrogen and oxygen atoms in total. The predicted octanol–water partition coefficient (Wildman–Crippen LogP) is 4.96. The monoisotopic (exact) mass is 369 g/mol. The molecule has 0 bridgehead atoms. The van der Waals surface area contributed by atoms with Gasteiger partial charge in [-0.25, -0.2) is 4.21 Å². The zero-order valence-corrected chi connectivity index (χ0v) is 18.2. The Morgan fingerprint density at radius 1 is 1.08 bits per heavy atom. The third-order valence-corrected chi connectivity index (χ3v) is 9.87. The van der Waals surface area contributed by atoms with E-state index in [1.807, 2.05) is 39.0 Å². The molecule has 1 unspecified atom stereocenters. The molecule has 0 aromatic heterocycles. The Balaban J connectivity index is 3.14. The molecule has 0 aliphatic carbocycles. The number of nitrogens with zero attached hydrogens (tertiary/aromatic N) is 1. The number of ether oxygens (including phenoxy) is 1. The van der Waals surface area contributed by atoms with E-state index in [4.69, 9.17) is 9.16 Å². The standard InChI is InChI=1S/C18H31NO3SSi/c1-17(2,3)23(20)19-13-14-10-11-15(21-7)16(12-14)22-24(8,9)18(4,5)6/h10-13H,1-9H3. The first kappa shape index (κ1) is 20.9. The van der Waals surface area contributed by atoms with E-state index in [0.29, 0.717) is 5.75 Å². The normalized spacial score (nSPS) is 14.7. The number of methoxy groups -OCH3 is 1. The minimum Gasteiger partial charge on any atom is -0.541 e. The first-order chi connectivity index (χ1) is 10.8. The van der Waals surface area contributed by atoms with Crippen molar-refractivity contribution in [1.82, 2.24) is 0 Å². The van der Waals surface area contributed by atoms with Crippen molar-refractivity contribution in [2.45, 2.75) is 64.4 Å². The van der Waals surface area contributed by atoms with Crippen LogP contribution in [0.3, 0.4) is 0 Å². The Morgan fingerprint density at radius 2 is 1.67 bits per heavy atom. The minimum absolute atomic E-state index is 0.0931. The van der Waals surface area contributed by atoms with E-state index in [2.05, 4.69) is 38.3 Å². The van der Waals surface area contributed by atoms with Gasteiger partial charge >= 0.3 is 0 Å². The van der Waals surface area contributed by atoms with Gasteiger partial charge in [-0.15, -0.1) is 0 Å². The largest absolute Gasteiger partial charge is 0.541 e. The highest BCUT2D eigenvalue weighted by atomic mass is 32.2. The second kappa shape index (κ2) is 7.40. The average Bonchev–Trinajstić information content (AvgIpc) is 2.42. The number of rotatable bonds is 5. The van der Waals surface area contributed by atoms with Gasteiger partial charge in [0.2, 0.25) is 0 Å². The molecular weight excluding hydrogens is 338 g/mol. The van der Waals surface area contributed by atoms with E-state index < -0.39 is 19.3 Å². The van der Waals surface area contributed by atoms with Crippen molar-refractivity contribution in [1.29, 1.82) is 0 Å². The molecule has 136 valence electrons. The molecule has 1 rings (SSSR count). The number of hydrogen-bond acceptors (Lipinski definition) is 3. The van der Waals surface area contributed by atoms with Crippen LogP contribution in [-0.2, 0) is 11.0 Å². The Morgan fingerprint density at radius 3 is 2.12 bits per heavy atom. The molecule has 0 spiro atoms. The van der Waals surface area contributed by atoms with Crippen LogP contribution in [0, 0.1) is 0 Å². The molecule has 0 N–H and O–H groups in total. The van der Waals surface area contributed by atoms with Crippen LogP contribution in [0.25, 0.3) is 0 Å². The number of hydrogen-bond donors (Lipinski definition) is 0. The highest BCUT2D eigenvalue weighted by molar-refractivity contribution is 7.85. The molecule has 0 amide bonds. The zero-order chi connectivity index (χ0) is 18.8. The van der Waals surface area contributed by atoms with Crippen molar-refractivity contribution >= 4 is 25.5 Å². The van der Waals surface area contributed by atoms with Gasteiger partial charge in [-0.2, -0.15) is 4.40 Å². The molecule has 1 aromatic rings. The molecule has 0 fully saturated rings. The summed E-state index contributed by atoms with van der Waals surface area (Å²) in [5, 5.41) is 0.0931. The summed E-state index contributed by atoms with van der Waals surface area (Å²) in [7, 11) is -1.62. The summed E-state index contributed by atoms with van der Waals surface area (Å²) in [6, 6.07) is 5.66. The van der Waals surface area contributed by atoms with E-state index >= 15 is 0 Å². The molecule has 1 atom stereocenters. The van der Waals surface area contributed by atoms with Crippen molar-refractivity contribution in [2.24, 2.45) is 4.40 Å². The van der Waals surface area contributed by atoms with Gasteiger partial charge < -0.3 is 9.16 Å². The summed E-state index contributed by atoms with van der Waals surface area (Å²) in [6.07, 6.45) is 1.64. The summed E-state index contributed by atoms with van der Waals surface area (Å²) < 4.78 is 27.7. The third kappa shape index (κ3) is 5.45.